The molecule has 0 saturated heterocycles. The number of hydrogen-bond acceptors (Lipinski definition) is 4. The number of aromatic nitrogens is 1. The van der Waals surface area contributed by atoms with Crippen molar-refractivity contribution in [2.75, 3.05) is 0 Å². The molecule has 1 aromatic rings. The van der Waals surface area contributed by atoms with Crippen LogP contribution in [0.4, 0.5) is 0 Å². The third kappa shape index (κ3) is 5.14. The molecular formula is C13H20N2O3. The van der Waals surface area contributed by atoms with Gasteiger partial charge < -0.3 is 15.2 Å². The minimum absolute atomic E-state index is 0.0649. The molecule has 5 heteroatoms. The molecule has 0 amide bonds. The van der Waals surface area contributed by atoms with Crippen molar-refractivity contribution >= 4 is 5.97 Å². The third-order valence-corrected chi connectivity index (χ3v) is 2.32. The molecule has 1 unspecified atom stereocenters. The predicted octanol–water partition coefficient (Wildman–Crippen LogP) is 1.82. The van der Waals surface area contributed by atoms with Crippen LogP contribution in [0.1, 0.15) is 32.8 Å². The first-order valence-corrected chi connectivity index (χ1v) is 6.04. The summed E-state index contributed by atoms with van der Waals surface area (Å²) in [5, 5.41) is 11.8. The van der Waals surface area contributed by atoms with E-state index in [4.69, 9.17) is 9.84 Å². The van der Waals surface area contributed by atoms with E-state index in [1.165, 1.54) is 0 Å². The number of nitrogens with one attached hydrogen (secondary N) is 1. The Balaban J connectivity index is 2.58. The number of ether oxygens (including phenoxy) is 1. The monoisotopic (exact) mass is 252 g/mol. The molecule has 1 atom stereocenters. The maximum Gasteiger partial charge on any atom is 0.304 e. The van der Waals surface area contributed by atoms with Gasteiger partial charge in [-0.1, -0.05) is 6.07 Å². The van der Waals surface area contributed by atoms with Gasteiger partial charge in [-0.25, -0.2) is 4.98 Å². The van der Waals surface area contributed by atoms with Crippen molar-refractivity contribution < 1.29 is 14.6 Å². The van der Waals surface area contributed by atoms with Gasteiger partial charge in [0.1, 0.15) is 0 Å². The molecule has 1 heterocycles. The summed E-state index contributed by atoms with van der Waals surface area (Å²) in [6.07, 6.45) is 1.85. The second-order valence-corrected chi connectivity index (χ2v) is 4.51. The molecular weight excluding hydrogens is 232 g/mol. The zero-order valence-electron chi connectivity index (χ0n) is 11.0. The first kappa shape index (κ1) is 14.4. The van der Waals surface area contributed by atoms with Crippen molar-refractivity contribution in [2.24, 2.45) is 0 Å². The molecule has 100 valence electrons. The van der Waals surface area contributed by atoms with Gasteiger partial charge in [-0.15, -0.1) is 0 Å². The van der Waals surface area contributed by atoms with Crippen LogP contribution >= 0.6 is 0 Å². The average Bonchev–Trinajstić information content (AvgIpc) is 2.26. The van der Waals surface area contributed by atoms with Crippen LogP contribution < -0.4 is 10.1 Å². The van der Waals surface area contributed by atoms with Crippen LogP contribution in [-0.2, 0) is 11.3 Å². The van der Waals surface area contributed by atoms with Crippen LogP contribution in [0.5, 0.6) is 5.88 Å². The zero-order valence-corrected chi connectivity index (χ0v) is 11.0. The van der Waals surface area contributed by atoms with E-state index in [9.17, 15) is 4.79 Å². The maximum absolute atomic E-state index is 10.6. The lowest BCUT2D eigenvalue weighted by Gasteiger charge is -2.15. The number of rotatable bonds is 7. The van der Waals surface area contributed by atoms with Crippen LogP contribution in [0.15, 0.2) is 18.3 Å². The maximum atomic E-state index is 10.6. The number of pyridine rings is 1. The first-order chi connectivity index (χ1) is 8.49. The molecule has 0 aliphatic heterocycles. The van der Waals surface area contributed by atoms with Gasteiger partial charge in [0.2, 0.25) is 5.88 Å². The van der Waals surface area contributed by atoms with Gasteiger partial charge in [0.25, 0.3) is 0 Å². The molecule has 1 rings (SSSR count). The van der Waals surface area contributed by atoms with E-state index in [2.05, 4.69) is 10.3 Å². The van der Waals surface area contributed by atoms with Gasteiger partial charge in [-0.3, -0.25) is 4.79 Å². The number of hydrogen-bond donors (Lipinski definition) is 2. The molecule has 1 aromatic heterocycles. The number of carboxylic acids is 1. The summed E-state index contributed by atoms with van der Waals surface area (Å²) in [4.78, 5) is 14.7. The predicted molar refractivity (Wildman–Crippen MR) is 68.6 cm³/mol. The Morgan fingerprint density at radius 2 is 2.22 bits per heavy atom. The first-order valence-electron chi connectivity index (χ1n) is 6.04. The number of carboxylic acid groups (broad SMARTS) is 1. The minimum atomic E-state index is -0.806. The molecule has 0 spiro atoms. The minimum Gasteiger partial charge on any atom is -0.481 e. The number of nitrogens with zero attached hydrogens (tertiary/aromatic N) is 1. The Hall–Kier alpha value is -1.62. The van der Waals surface area contributed by atoms with E-state index in [0.29, 0.717) is 12.4 Å². The molecule has 0 bridgehead atoms. The Morgan fingerprint density at radius 3 is 2.83 bits per heavy atom. The van der Waals surface area contributed by atoms with Crippen LogP contribution in [0, 0.1) is 0 Å². The lowest BCUT2D eigenvalue weighted by Crippen LogP contribution is -2.28. The summed E-state index contributed by atoms with van der Waals surface area (Å²) in [7, 11) is 0. The Kier molecular flexibility index (Phi) is 5.58. The second-order valence-electron chi connectivity index (χ2n) is 4.51. The highest BCUT2D eigenvalue weighted by Gasteiger charge is 2.10. The average molecular weight is 252 g/mol. The number of aliphatic carboxylic acids is 1. The smallest absolute Gasteiger partial charge is 0.304 e. The van der Waals surface area contributed by atoms with E-state index in [0.717, 1.165) is 5.56 Å². The molecule has 0 radical (unpaired) electrons. The quantitative estimate of drug-likeness (QED) is 0.774. The molecule has 0 fully saturated rings. The Bertz CT molecular complexity index is 394. The fourth-order valence-electron chi connectivity index (χ4n) is 1.51. The fourth-order valence-corrected chi connectivity index (χ4v) is 1.51. The van der Waals surface area contributed by atoms with Crippen molar-refractivity contribution in [2.45, 2.75) is 45.9 Å². The molecule has 0 aromatic carbocycles. The normalized spacial score (nSPS) is 12.4. The second kappa shape index (κ2) is 6.96. The molecule has 0 aliphatic rings. The lowest BCUT2D eigenvalue weighted by molar-refractivity contribution is -0.137. The highest BCUT2D eigenvalue weighted by atomic mass is 16.5. The van der Waals surface area contributed by atoms with Crippen molar-refractivity contribution in [1.29, 1.82) is 0 Å². The van der Waals surface area contributed by atoms with Crippen molar-refractivity contribution in [1.82, 2.24) is 10.3 Å². The topological polar surface area (TPSA) is 71.5 Å². The van der Waals surface area contributed by atoms with Gasteiger partial charge in [0.15, 0.2) is 0 Å². The van der Waals surface area contributed by atoms with Gasteiger partial charge in [-0.2, -0.15) is 0 Å². The lowest BCUT2D eigenvalue weighted by atomic mass is 10.2. The highest BCUT2D eigenvalue weighted by Crippen LogP contribution is 2.15. The fraction of sp³-hybridized carbons (Fsp3) is 0.538. The van der Waals surface area contributed by atoms with Crippen molar-refractivity contribution in [3.05, 3.63) is 23.9 Å². The van der Waals surface area contributed by atoms with E-state index in [1.54, 1.807) is 6.20 Å². The summed E-state index contributed by atoms with van der Waals surface area (Å²) >= 11 is 0. The molecule has 0 aliphatic carbocycles. The summed E-state index contributed by atoms with van der Waals surface area (Å²) in [5.74, 6) is -0.206. The van der Waals surface area contributed by atoms with Crippen LogP contribution in [0.3, 0.4) is 0 Å². The molecule has 18 heavy (non-hydrogen) atoms. The SMILES string of the molecule is CC(CC(=O)O)NCc1cccnc1OC(C)C. The Morgan fingerprint density at radius 1 is 1.50 bits per heavy atom. The van der Waals surface area contributed by atoms with Crippen LogP contribution in [0.25, 0.3) is 0 Å². The zero-order chi connectivity index (χ0) is 13.5. The van der Waals surface area contributed by atoms with Crippen LogP contribution in [-0.4, -0.2) is 28.2 Å². The molecule has 0 saturated carbocycles. The summed E-state index contributed by atoms with van der Waals surface area (Å²) in [6.45, 7) is 6.27. The van der Waals surface area contributed by atoms with E-state index < -0.39 is 5.97 Å². The van der Waals surface area contributed by atoms with E-state index >= 15 is 0 Å². The number of carbonyl (C=O) groups is 1. The summed E-state index contributed by atoms with van der Waals surface area (Å²) in [6, 6.07) is 3.67. The highest BCUT2D eigenvalue weighted by molar-refractivity contribution is 5.67. The third-order valence-electron chi connectivity index (χ3n) is 2.32. The van der Waals surface area contributed by atoms with Gasteiger partial charge in [0, 0.05) is 24.3 Å². The van der Waals surface area contributed by atoms with E-state index in [1.807, 2.05) is 32.9 Å². The molecule has 5 nitrogen and oxygen atoms in total. The Labute approximate surface area is 107 Å². The largest absolute Gasteiger partial charge is 0.481 e. The van der Waals surface area contributed by atoms with Crippen LogP contribution in [0.2, 0.25) is 0 Å². The summed E-state index contributed by atoms with van der Waals surface area (Å²) in [5.41, 5.74) is 0.934. The van der Waals surface area contributed by atoms with Gasteiger partial charge >= 0.3 is 5.97 Å². The van der Waals surface area contributed by atoms with E-state index in [-0.39, 0.29) is 18.6 Å². The summed E-state index contributed by atoms with van der Waals surface area (Å²) < 4.78 is 5.59. The van der Waals surface area contributed by atoms with Gasteiger partial charge in [0.05, 0.1) is 12.5 Å². The van der Waals surface area contributed by atoms with Crippen molar-refractivity contribution in [3.63, 3.8) is 0 Å². The van der Waals surface area contributed by atoms with Crippen molar-refractivity contribution in [3.8, 4) is 5.88 Å². The molecule has 2 N–H and O–H groups in total. The standard InChI is InChI=1S/C13H20N2O3/c1-9(2)18-13-11(5-4-6-14-13)8-15-10(3)7-12(16)17/h4-6,9-10,15H,7-8H2,1-3H3,(H,16,17). The van der Waals surface area contributed by atoms with Gasteiger partial charge in [-0.05, 0) is 26.8 Å².